The largest absolute Gasteiger partial charge is 0.487 e. The minimum Gasteiger partial charge on any atom is -0.487 e. The Morgan fingerprint density at radius 1 is 1.21 bits per heavy atom. The van der Waals surface area contributed by atoms with Crippen molar-refractivity contribution in [3.05, 3.63) is 59.7 Å². The van der Waals surface area contributed by atoms with Crippen molar-refractivity contribution >= 4 is 5.91 Å². The first kappa shape index (κ1) is 16.4. The van der Waals surface area contributed by atoms with Crippen LogP contribution in [0.3, 0.4) is 0 Å². The van der Waals surface area contributed by atoms with Crippen LogP contribution in [0.5, 0.6) is 11.5 Å². The molecule has 0 bridgehead atoms. The summed E-state index contributed by atoms with van der Waals surface area (Å²) in [6, 6.07) is 15.4. The lowest BCUT2D eigenvalue weighted by Crippen LogP contribution is -2.42. The maximum absolute atomic E-state index is 12.3. The monoisotopic (exact) mass is 325 g/mol. The van der Waals surface area contributed by atoms with E-state index in [0.29, 0.717) is 5.75 Å². The Morgan fingerprint density at radius 2 is 1.92 bits per heavy atom. The lowest BCUT2D eigenvalue weighted by molar-refractivity contribution is -0.124. The van der Waals surface area contributed by atoms with E-state index < -0.39 is 0 Å². The van der Waals surface area contributed by atoms with Gasteiger partial charge in [-0.15, -0.1) is 0 Å². The molecule has 3 rings (SSSR count). The van der Waals surface area contributed by atoms with Gasteiger partial charge in [0.05, 0.1) is 6.04 Å². The van der Waals surface area contributed by atoms with Gasteiger partial charge in [0, 0.05) is 12.0 Å². The molecule has 0 saturated carbocycles. The summed E-state index contributed by atoms with van der Waals surface area (Å²) in [6.07, 6.45) is 0.723. The summed E-state index contributed by atoms with van der Waals surface area (Å²) in [6.45, 7) is 6.08. The van der Waals surface area contributed by atoms with E-state index in [0.717, 1.165) is 23.3 Å². The summed E-state index contributed by atoms with van der Waals surface area (Å²) in [5, 5.41) is 3.07. The van der Waals surface area contributed by atoms with Crippen molar-refractivity contribution in [3.63, 3.8) is 0 Å². The summed E-state index contributed by atoms with van der Waals surface area (Å²) in [5.41, 5.74) is 1.86. The topological polar surface area (TPSA) is 47.6 Å². The number of amides is 1. The second-order valence-corrected chi connectivity index (χ2v) is 6.83. The number of fused-ring (bicyclic) bond motifs is 1. The van der Waals surface area contributed by atoms with Crippen LogP contribution in [0, 0.1) is 6.92 Å². The fraction of sp³-hybridized carbons (Fsp3) is 0.350. The molecule has 1 aliphatic rings. The first-order chi connectivity index (χ1) is 11.4. The molecule has 0 saturated heterocycles. The van der Waals surface area contributed by atoms with Gasteiger partial charge in [0.1, 0.15) is 17.1 Å². The van der Waals surface area contributed by atoms with Crippen LogP contribution in [0.15, 0.2) is 48.5 Å². The van der Waals surface area contributed by atoms with Gasteiger partial charge in [0.2, 0.25) is 0 Å². The van der Waals surface area contributed by atoms with E-state index in [9.17, 15) is 4.79 Å². The highest BCUT2D eigenvalue weighted by molar-refractivity contribution is 5.78. The number of hydrogen-bond donors (Lipinski definition) is 1. The lowest BCUT2D eigenvalue weighted by Gasteiger charge is -2.37. The number of aryl methyl sites for hydroxylation is 1. The van der Waals surface area contributed by atoms with Gasteiger partial charge >= 0.3 is 0 Å². The molecule has 1 aliphatic heterocycles. The zero-order valence-corrected chi connectivity index (χ0v) is 14.3. The summed E-state index contributed by atoms with van der Waals surface area (Å²) in [5.74, 6) is 1.40. The van der Waals surface area contributed by atoms with E-state index in [1.54, 1.807) is 0 Å². The van der Waals surface area contributed by atoms with E-state index >= 15 is 0 Å². The Labute approximate surface area is 142 Å². The predicted octanol–water partition coefficient (Wildman–Crippen LogP) is 3.79. The second kappa shape index (κ2) is 6.56. The van der Waals surface area contributed by atoms with Crippen molar-refractivity contribution in [1.82, 2.24) is 5.32 Å². The fourth-order valence-corrected chi connectivity index (χ4v) is 2.95. The van der Waals surface area contributed by atoms with Gasteiger partial charge in [-0.05, 0) is 39.0 Å². The smallest absolute Gasteiger partial charge is 0.258 e. The Bertz CT molecular complexity index is 722. The number of ether oxygens (including phenoxy) is 2. The van der Waals surface area contributed by atoms with E-state index in [4.69, 9.17) is 9.47 Å². The molecule has 1 N–H and O–H groups in total. The van der Waals surface area contributed by atoms with Crippen molar-refractivity contribution in [2.45, 2.75) is 38.8 Å². The fourth-order valence-electron chi connectivity index (χ4n) is 2.95. The van der Waals surface area contributed by atoms with Gasteiger partial charge in [-0.2, -0.15) is 0 Å². The number of carbonyl (C=O) groups excluding carboxylic acids is 1. The number of para-hydroxylation sites is 1. The van der Waals surface area contributed by atoms with Crippen molar-refractivity contribution < 1.29 is 14.3 Å². The maximum atomic E-state index is 12.3. The van der Waals surface area contributed by atoms with Crippen LogP contribution in [0.4, 0.5) is 0 Å². The summed E-state index contributed by atoms with van der Waals surface area (Å²) in [7, 11) is 0. The molecule has 0 aromatic heterocycles. The van der Waals surface area contributed by atoms with Gasteiger partial charge in [0.15, 0.2) is 6.61 Å². The molecule has 0 aliphatic carbocycles. The zero-order chi connectivity index (χ0) is 17.2. The van der Waals surface area contributed by atoms with Gasteiger partial charge < -0.3 is 14.8 Å². The third-order valence-corrected chi connectivity index (χ3v) is 4.10. The molecular formula is C20H23NO3. The van der Waals surface area contributed by atoms with Gasteiger partial charge in [-0.3, -0.25) is 4.79 Å². The number of carbonyl (C=O) groups is 1. The van der Waals surface area contributed by atoms with Gasteiger partial charge in [-0.25, -0.2) is 0 Å². The molecule has 4 heteroatoms. The molecule has 2 aromatic rings. The molecule has 1 amide bonds. The predicted molar refractivity (Wildman–Crippen MR) is 93.3 cm³/mol. The second-order valence-electron chi connectivity index (χ2n) is 6.83. The first-order valence-corrected chi connectivity index (χ1v) is 8.20. The molecule has 1 atom stereocenters. The van der Waals surface area contributed by atoms with E-state index in [1.807, 2.05) is 69.3 Å². The minimum absolute atomic E-state index is 0.00299. The summed E-state index contributed by atoms with van der Waals surface area (Å²) in [4.78, 5) is 12.3. The third-order valence-electron chi connectivity index (χ3n) is 4.10. The molecule has 0 spiro atoms. The first-order valence-electron chi connectivity index (χ1n) is 8.20. The minimum atomic E-state index is -0.315. The van der Waals surface area contributed by atoms with Crippen LogP contribution in [0.25, 0.3) is 0 Å². The Morgan fingerprint density at radius 3 is 2.67 bits per heavy atom. The molecular weight excluding hydrogens is 302 g/mol. The van der Waals surface area contributed by atoms with E-state index in [-0.39, 0.29) is 24.2 Å². The number of rotatable bonds is 4. The molecule has 1 heterocycles. The molecule has 0 radical (unpaired) electrons. The van der Waals surface area contributed by atoms with Crippen LogP contribution in [-0.4, -0.2) is 18.1 Å². The van der Waals surface area contributed by atoms with Crippen LogP contribution in [-0.2, 0) is 4.79 Å². The zero-order valence-electron chi connectivity index (χ0n) is 14.3. The standard InChI is InChI=1S/C20H23NO3/c1-14-8-10-15(11-9-14)23-13-19(22)21-17-12-20(2,3)24-18-7-5-4-6-16(17)18/h4-11,17H,12-13H2,1-3H3,(H,21,22)/t17-/m0/s1. The molecule has 126 valence electrons. The summed E-state index contributed by atoms with van der Waals surface area (Å²) < 4.78 is 11.6. The number of benzene rings is 2. The van der Waals surface area contributed by atoms with Crippen molar-refractivity contribution in [2.75, 3.05) is 6.61 Å². The van der Waals surface area contributed by atoms with Gasteiger partial charge in [0.25, 0.3) is 5.91 Å². The quantitative estimate of drug-likeness (QED) is 0.930. The molecule has 0 unspecified atom stereocenters. The van der Waals surface area contributed by atoms with Crippen LogP contribution < -0.4 is 14.8 Å². The highest BCUT2D eigenvalue weighted by Crippen LogP contribution is 2.39. The summed E-state index contributed by atoms with van der Waals surface area (Å²) >= 11 is 0. The Balaban J connectivity index is 1.64. The van der Waals surface area contributed by atoms with Crippen molar-refractivity contribution in [3.8, 4) is 11.5 Å². The van der Waals surface area contributed by atoms with E-state index in [2.05, 4.69) is 5.32 Å². The highest BCUT2D eigenvalue weighted by Gasteiger charge is 2.34. The van der Waals surface area contributed by atoms with Crippen LogP contribution in [0.2, 0.25) is 0 Å². The van der Waals surface area contributed by atoms with E-state index in [1.165, 1.54) is 0 Å². The molecule has 24 heavy (non-hydrogen) atoms. The Hall–Kier alpha value is -2.49. The SMILES string of the molecule is Cc1ccc(OCC(=O)N[C@H]2CC(C)(C)Oc3ccccc32)cc1. The van der Waals surface area contributed by atoms with Crippen LogP contribution >= 0.6 is 0 Å². The van der Waals surface area contributed by atoms with Crippen molar-refractivity contribution in [1.29, 1.82) is 0 Å². The lowest BCUT2D eigenvalue weighted by atomic mass is 9.90. The average molecular weight is 325 g/mol. The number of nitrogens with one attached hydrogen (secondary N) is 1. The van der Waals surface area contributed by atoms with Crippen LogP contribution in [0.1, 0.15) is 37.4 Å². The third kappa shape index (κ3) is 3.88. The maximum Gasteiger partial charge on any atom is 0.258 e. The molecule has 0 fully saturated rings. The Kier molecular flexibility index (Phi) is 4.47. The molecule has 2 aromatic carbocycles. The van der Waals surface area contributed by atoms with Gasteiger partial charge in [-0.1, -0.05) is 35.9 Å². The molecule has 4 nitrogen and oxygen atoms in total. The normalized spacial score (nSPS) is 18.2. The number of hydrogen-bond acceptors (Lipinski definition) is 3. The highest BCUT2D eigenvalue weighted by atomic mass is 16.5. The van der Waals surface area contributed by atoms with Crippen molar-refractivity contribution in [2.24, 2.45) is 0 Å². The average Bonchev–Trinajstić information content (AvgIpc) is 2.53.